The van der Waals surface area contributed by atoms with Crippen molar-refractivity contribution in [2.75, 3.05) is 24.3 Å². The first-order valence-corrected chi connectivity index (χ1v) is 5.37. The smallest absolute Gasteiger partial charge is 0.226 e. The molecule has 0 aliphatic heterocycles. The van der Waals surface area contributed by atoms with E-state index in [1.807, 2.05) is 25.1 Å². The molecule has 0 aliphatic rings. The van der Waals surface area contributed by atoms with Gasteiger partial charge in [-0.2, -0.15) is 4.98 Å². The van der Waals surface area contributed by atoms with E-state index in [0.29, 0.717) is 12.4 Å². The second-order valence-corrected chi connectivity index (χ2v) is 3.79. The zero-order chi connectivity index (χ0) is 12.0. The summed E-state index contributed by atoms with van der Waals surface area (Å²) >= 11 is 0. The van der Waals surface area contributed by atoms with E-state index in [1.165, 1.54) is 0 Å². The standard InChI is InChI=1S/C12H18N4/c1-5-7-10(6-2)14-11-8-9-13-12(15-11)16(3)4/h1,8-10H,6-7H2,2-4H3,(H,13,14,15). The van der Waals surface area contributed by atoms with Crippen molar-refractivity contribution in [2.45, 2.75) is 25.8 Å². The third-order valence-corrected chi connectivity index (χ3v) is 2.25. The molecule has 16 heavy (non-hydrogen) atoms. The average molecular weight is 218 g/mol. The van der Waals surface area contributed by atoms with Gasteiger partial charge in [0.05, 0.1) is 0 Å². The van der Waals surface area contributed by atoms with Gasteiger partial charge in [-0.1, -0.05) is 6.92 Å². The predicted molar refractivity (Wildman–Crippen MR) is 67.5 cm³/mol. The average Bonchev–Trinajstić information content (AvgIpc) is 2.29. The Morgan fingerprint density at radius 2 is 2.31 bits per heavy atom. The molecule has 1 rings (SSSR count). The van der Waals surface area contributed by atoms with Crippen LogP contribution < -0.4 is 10.2 Å². The molecule has 0 saturated heterocycles. The Bertz CT molecular complexity index is 368. The van der Waals surface area contributed by atoms with Crippen LogP contribution in [0.2, 0.25) is 0 Å². The van der Waals surface area contributed by atoms with Crippen molar-refractivity contribution < 1.29 is 0 Å². The Kier molecular flexibility index (Phi) is 4.59. The highest BCUT2D eigenvalue weighted by Gasteiger charge is 2.06. The van der Waals surface area contributed by atoms with E-state index in [0.717, 1.165) is 12.2 Å². The summed E-state index contributed by atoms with van der Waals surface area (Å²) in [5.74, 6) is 4.18. The molecule has 1 heterocycles. The zero-order valence-corrected chi connectivity index (χ0v) is 10.1. The van der Waals surface area contributed by atoms with Gasteiger partial charge >= 0.3 is 0 Å². The topological polar surface area (TPSA) is 41.1 Å². The van der Waals surface area contributed by atoms with Crippen LogP contribution in [-0.2, 0) is 0 Å². The van der Waals surface area contributed by atoms with Crippen LogP contribution in [0.25, 0.3) is 0 Å². The van der Waals surface area contributed by atoms with Crippen molar-refractivity contribution in [2.24, 2.45) is 0 Å². The van der Waals surface area contributed by atoms with Crippen molar-refractivity contribution in [3.05, 3.63) is 12.3 Å². The monoisotopic (exact) mass is 218 g/mol. The third-order valence-electron chi connectivity index (χ3n) is 2.25. The lowest BCUT2D eigenvalue weighted by Crippen LogP contribution is -2.20. The van der Waals surface area contributed by atoms with Crippen LogP contribution in [0.5, 0.6) is 0 Å². The molecule has 0 aliphatic carbocycles. The van der Waals surface area contributed by atoms with Gasteiger partial charge < -0.3 is 10.2 Å². The lowest BCUT2D eigenvalue weighted by Gasteiger charge is -2.16. The Labute approximate surface area is 97.1 Å². The molecule has 4 heteroatoms. The molecule has 0 amide bonds. The van der Waals surface area contributed by atoms with Crippen molar-refractivity contribution in [1.29, 1.82) is 0 Å². The van der Waals surface area contributed by atoms with E-state index >= 15 is 0 Å². The van der Waals surface area contributed by atoms with Gasteiger partial charge in [-0.15, -0.1) is 12.3 Å². The van der Waals surface area contributed by atoms with Crippen LogP contribution >= 0.6 is 0 Å². The van der Waals surface area contributed by atoms with Crippen LogP contribution in [0, 0.1) is 12.3 Å². The number of hydrogen-bond donors (Lipinski definition) is 1. The van der Waals surface area contributed by atoms with Crippen molar-refractivity contribution >= 4 is 11.8 Å². The van der Waals surface area contributed by atoms with E-state index in [2.05, 4.69) is 28.1 Å². The molecule has 1 aromatic rings. The maximum Gasteiger partial charge on any atom is 0.226 e. The summed E-state index contributed by atoms with van der Waals surface area (Å²) in [6.45, 7) is 2.10. The highest BCUT2D eigenvalue weighted by atomic mass is 15.2. The van der Waals surface area contributed by atoms with E-state index in [4.69, 9.17) is 6.42 Å². The molecule has 0 fully saturated rings. The highest BCUT2D eigenvalue weighted by Crippen LogP contribution is 2.11. The normalized spacial score (nSPS) is 11.6. The van der Waals surface area contributed by atoms with Crippen LogP contribution in [0.4, 0.5) is 11.8 Å². The quantitative estimate of drug-likeness (QED) is 0.765. The Hall–Kier alpha value is -1.76. The summed E-state index contributed by atoms with van der Waals surface area (Å²) in [5.41, 5.74) is 0. The molecule has 1 aromatic heterocycles. The van der Waals surface area contributed by atoms with Gasteiger partial charge in [-0.3, -0.25) is 0 Å². The minimum atomic E-state index is 0.273. The lowest BCUT2D eigenvalue weighted by atomic mass is 10.1. The van der Waals surface area contributed by atoms with Crippen LogP contribution in [-0.4, -0.2) is 30.1 Å². The molecule has 0 aromatic carbocycles. The number of nitrogens with one attached hydrogen (secondary N) is 1. The van der Waals surface area contributed by atoms with Gasteiger partial charge in [-0.25, -0.2) is 4.98 Å². The first kappa shape index (κ1) is 12.3. The number of terminal acetylenes is 1. The van der Waals surface area contributed by atoms with Crippen LogP contribution in [0.3, 0.4) is 0 Å². The SMILES string of the molecule is C#CCC(CC)Nc1ccnc(N(C)C)n1. The second-order valence-electron chi connectivity index (χ2n) is 3.79. The van der Waals surface area contributed by atoms with Gasteiger partial charge in [0.2, 0.25) is 5.95 Å². The molecule has 0 bridgehead atoms. The molecule has 0 saturated carbocycles. The number of rotatable bonds is 5. The summed E-state index contributed by atoms with van der Waals surface area (Å²) in [6, 6.07) is 2.13. The summed E-state index contributed by atoms with van der Waals surface area (Å²) in [6.07, 6.45) is 8.73. The molecule has 4 nitrogen and oxygen atoms in total. The largest absolute Gasteiger partial charge is 0.366 e. The second kappa shape index (κ2) is 5.96. The molecule has 1 atom stereocenters. The van der Waals surface area contributed by atoms with Crippen LogP contribution in [0.15, 0.2) is 12.3 Å². The maximum absolute atomic E-state index is 5.31. The predicted octanol–water partition coefficient (Wildman–Crippen LogP) is 1.76. The fourth-order valence-corrected chi connectivity index (χ4v) is 1.29. The Morgan fingerprint density at radius 3 is 2.88 bits per heavy atom. The fourth-order valence-electron chi connectivity index (χ4n) is 1.29. The van der Waals surface area contributed by atoms with Gasteiger partial charge in [0.1, 0.15) is 5.82 Å². The first-order valence-electron chi connectivity index (χ1n) is 5.37. The first-order chi connectivity index (χ1) is 7.67. The number of aromatic nitrogens is 2. The summed E-state index contributed by atoms with van der Waals surface area (Å²) in [7, 11) is 3.83. The van der Waals surface area contributed by atoms with Crippen molar-refractivity contribution in [3.63, 3.8) is 0 Å². The fraction of sp³-hybridized carbons (Fsp3) is 0.500. The minimum absolute atomic E-state index is 0.273. The molecule has 0 radical (unpaired) electrons. The molecular weight excluding hydrogens is 200 g/mol. The minimum Gasteiger partial charge on any atom is -0.366 e. The van der Waals surface area contributed by atoms with Crippen molar-refractivity contribution in [3.8, 4) is 12.3 Å². The zero-order valence-electron chi connectivity index (χ0n) is 10.1. The van der Waals surface area contributed by atoms with Gasteiger partial charge in [0.15, 0.2) is 0 Å². The van der Waals surface area contributed by atoms with Crippen LogP contribution in [0.1, 0.15) is 19.8 Å². The van der Waals surface area contributed by atoms with E-state index < -0.39 is 0 Å². The summed E-state index contributed by atoms with van der Waals surface area (Å²) in [5, 5.41) is 3.30. The Balaban J connectivity index is 2.73. The third kappa shape index (κ3) is 3.43. The molecule has 86 valence electrons. The lowest BCUT2D eigenvalue weighted by molar-refractivity contribution is 0.711. The number of nitrogens with zero attached hydrogens (tertiary/aromatic N) is 3. The molecule has 0 spiro atoms. The number of anilines is 2. The summed E-state index contributed by atoms with van der Waals surface area (Å²) < 4.78 is 0. The van der Waals surface area contributed by atoms with E-state index in [-0.39, 0.29) is 6.04 Å². The van der Waals surface area contributed by atoms with E-state index in [1.54, 1.807) is 6.20 Å². The van der Waals surface area contributed by atoms with Gasteiger partial charge in [0.25, 0.3) is 0 Å². The summed E-state index contributed by atoms with van der Waals surface area (Å²) in [4.78, 5) is 10.4. The molecule has 1 N–H and O–H groups in total. The van der Waals surface area contributed by atoms with Crippen molar-refractivity contribution in [1.82, 2.24) is 9.97 Å². The molecule has 1 unspecified atom stereocenters. The van der Waals surface area contributed by atoms with Gasteiger partial charge in [-0.05, 0) is 12.5 Å². The van der Waals surface area contributed by atoms with Gasteiger partial charge in [0, 0.05) is 32.8 Å². The number of hydrogen-bond acceptors (Lipinski definition) is 4. The highest BCUT2D eigenvalue weighted by molar-refractivity contribution is 5.41. The molecular formula is C12H18N4. The maximum atomic E-state index is 5.31. The Morgan fingerprint density at radius 1 is 1.56 bits per heavy atom. The van der Waals surface area contributed by atoms with E-state index in [9.17, 15) is 0 Å².